The van der Waals surface area contributed by atoms with E-state index in [4.69, 9.17) is 0 Å². The van der Waals surface area contributed by atoms with Crippen molar-refractivity contribution in [2.45, 2.75) is 0 Å². The first kappa shape index (κ1) is 13.9. The minimum Gasteiger partial charge on any atom is -0.875 e. The zero-order chi connectivity index (χ0) is 14.5. The zero-order valence-corrected chi connectivity index (χ0v) is 12.5. The van der Waals surface area contributed by atoms with Crippen LogP contribution in [0.3, 0.4) is 0 Å². The fourth-order valence-corrected chi connectivity index (χ4v) is 4.54. The molecule has 2 aromatic rings. The molecule has 3 rings (SSSR count). The van der Waals surface area contributed by atoms with E-state index >= 15 is 0 Å². The first-order chi connectivity index (χ1) is 10.3. The van der Waals surface area contributed by atoms with E-state index in [0.717, 1.165) is 5.57 Å². The van der Waals surface area contributed by atoms with E-state index in [1.165, 1.54) is 10.6 Å². The van der Waals surface area contributed by atoms with Gasteiger partial charge in [-0.25, -0.2) is 0 Å². The number of hydrogen-bond acceptors (Lipinski definition) is 1. The largest absolute Gasteiger partial charge is 0.875 e. The van der Waals surface area contributed by atoms with Crippen LogP contribution in [0.2, 0.25) is 0 Å². The first-order valence-corrected chi connectivity index (χ1v) is 8.50. The van der Waals surface area contributed by atoms with E-state index in [0.29, 0.717) is 6.16 Å². The van der Waals surface area contributed by atoms with Crippen LogP contribution in [0.1, 0.15) is 0 Å². The quantitative estimate of drug-likeness (QED) is 0.627. The van der Waals surface area contributed by atoms with Crippen molar-refractivity contribution in [2.75, 3.05) is 6.16 Å². The van der Waals surface area contributed by atoms with E-state index in [2.05, 4.69) is 24.3 Å². The summed E-state index contributed by atoms with van der Waals surface area (Å²) < 4.78 is 0. The van der Waals surface area contributed by atoms with E-state index in [-0.39, 0.29) is 5.76 Å². The van der Waals surface area contributed by atoms with E-state index in [1.54, 1.807) is 0 Å². The van der Waals surface area contributed by atoms with Crippen LogP contribution in [0.25, 0.3) is 0 Å². The molecule has 0 heterocycles. The van der Waals surface area contributed by atoms with Gasteiger partial charge in [-0.15, -0.1) is 5.76 Å². The van der Waals surface area contributed by atoms with Gasteiger partial charge in [0.15, 0.2) is 0 Å². The maximum atomic E-state index is 12.5. The second kappa shape index (κ2) is 6.56. The molecule has 0 radical (unpaired) electrons. The Morgan fingerprint density at radius 3 is 1.71 bits per heavy atom. The third-order valence-electron chi connectivity index (χ3n) is 3.42. The zero-order valence-electron chi connectivity index (χ0n) is 11.6. The number of rotatable bonds is 4. The summed E-state index contributed by atoms with van der Waals surface area (Å²) in [6.07, 6.45) is 8.19. The Labute approximate surface area is 126 Å². The fourth-order valence-electron chi connectivity index (χ4n) is 2.34. The number of benzene rings is 2. The molecule has 0 spiro atoms. The summed E-state index contributed by atoms with van der Waals surface area (Å²) in [5.74, 6) is 0.221. The van der Waals surface area contributed by atoms with Gasteiger partial charge in [-0.3, -0.25) is 0 Å². The van der Waals surface area contributed by atoms with Crippen molar-refractivity contribution in [2.24, 2.45) is 0 Å². The van der Waals surface area contributed by atoms with Gasteiger partial charge in [-0.1, -0.05) is 85.0 Å². The van der Waals surface area contributed by atoms with E-state index < -0.39 is 7.92 Å². The van der Waals surface area contributed by atoms with E-state index in [1.807, 2.05) is 60.7 Å². The molecule has 2 heteroatoms. The van der Waals surface area contributed by atoms with Crippen molar-refractivity contribution < 1.29 is 5.11 Å². The molecule has 2 aromatic carbocycles. The van der Waals surface area contributed by atoms with Crippen molar-refractivity contribution >= 4 is 18.5 Å². The van der Waals surface area contributed by atoms with Gasteiger partial charge < -0.3 is 5.11 Å². The van der Waals surface area contributed by atoms with Crippen molar-refractivity contribution in [3.8, 4) is 0 Å². The van der Waals surface area contributed by atoms with Gasteiger partial charge in [-0.2, -0.15) is 0 Å². The van der Waals surface area contributed by atoms with Crippen molar-refractivity contribution in [3.63, 3.8) is 0 Å². The normalized spacial score (nSPS) is 13.1. The summed E-state index contributed by atoms with van der Waals surface area (Å²) >= 11 is 0. The lowest BCUT2D eigenvalue weighted by Gasteiger charge is -2.24. The van der Waals surface area contributed by atoms with Gasteiger partial charge >= 0.3 is 0 Å². The molecule has 0 aliphatic heterocycles. The Morgan fingerprint density at radius 1 is 0.762 bits per heavy atom. The molecule has 104 valence electrons. The average Bonchev–Trinajstić information content (AvgIpc) is 3.09. The minimum absolute atomic E-state index is 0.221. The molecule has 0 saturated heterocycles. The molecule has 21 heavy (non-hydrogen) atoms. The molecule has 0 atom stereocenters. The van der Waals surface area contributed by atoms with Gasteiger partial charge in [0.2, 0.25) is 0 Å². The topological polar surface area (TPSA) is 23.1 Å². The highest BCUT2D eigenvalue weighted by Gasteiger charge is 2.13. The fraction of sp³-hybridized carbons (Fsp3) is 0.0526. The Kier molecular flexibility index (Phi) is 4.33. The standard InChI is InChI=1S/C19H17OP/c20-19(16-9-7-8-10-16)15-21(17-11-3-1-4-12-17)18-13-5-2-6-14-18/h1-14,20H,15H2/p-1. The molecule has 1 nitrogen and oxygen atoms in total. The third-order valence-corrected chi connectivity index (χ3v) is 5.87. The highest BCUT2D eigenvalue weighted by atomic mass is 31.1. The Balaban J connectivity index is 1.96. The molecule has 0 N–H and O–H groups in total. The van der Waals surface area contributed by atoms with Crippen LogP contribution >= 0.6 is 7.92 Å². The molecule has 1 aliphatic carbocycles. The summed E-state index contributed by atoms with van der Waals surface area (Å²) in [5, 5.41) is 15.0. The van der Waals surface area contributed by atoms with Gasteiger partial charge in [-0.05, 0) is 30.3 Å². The van der Waals surface area contributed by atoms with Crippen LogP contribution in [-0.2, 0) is 0 Å². The predicted octanol–water partition coefficient (Wildman–Crippen LogP) is 2.86. The Morgan fingerprint density at radius 2 is 1.24 bits per heavy atom. The second-order valence-electron chi connectivity index (χ2n) is 4.85. The van der Waals surface area contributed by atoms with Crippen LogP contribution in [0.4, 0.5) is 0 Å². The molecular weight excluding hydrogens is 275 g/mol. The lowest BCUT2D eigenvalue weighted by molar-refractivity contribution is -0.301. The number of hydrogen-bond donors (Lipinski definition) is 0. The summed E-state index contributed by atoms with van der Waals surface area (Å²) in [4.78, 5) is 0. The highest BCUT2D eigenvalue weighted by Crippen LogP contribution is 2.35. The minimum atomic E-state index is -0.645. The van der Waals surface area contributed by atoms with Gasteiger partial charge in [0.25, 0.3) is 0 Å². The van der Waals surface area contributed by atoms with Crippen molar-refractivity contribution in [1.29, 1.82) is 0 Å². The van der Waals surface area contributed by atoms with Crippen LogP contribution in [-0.4, -0.2) is 6.16 Å². The molecule has 0 bridgehead atoms. The number of allylic oxidation sites excluding steroid dienone is 6. The van der Waals surface area contributed by atoms with Crippen molar-refractivity contribution in [3.05, 3.63) is 96.3 Å². The molecule has 0 aromatic heterocycles. The van der Waals surface area contributed by atoms with Gasteiger partial charge in [0.1, 0.15) is 0 Å². The molecule has 0 unspecified atom stereocenters. The Hall–Kier alpha value is -2.11. The predicted molar refractivity (Wildman–Crippen MR) is 89.2 cm³/mol. The molecule has 0 amide bonds. The summed E-state index contributed by atoms with van der Waals surface area (Å²) in [6.45, 7) is 0. The second-order valence-corrected chi connectivity index (χ2v) is 7.06. The maximum Gasteiger partial charge on any atom is -0.0130 e. The lowest BCUT2D eigenvalue weighted by atomic mass is 10.2. The third kappa shape index (κ3) is 3.32. The van der Waals surface area contributed by atoms with Crippen LogP contribution < -0.4 is 15.7 Å². The van der Waals surface area contributed by atoms with Crippen LogP contribution in [0.15, 0.2) is 96.3 Å². The lowest BCUT2D eigenvalue weighted by Crippen LogP contribution is -2.19. The van der Waals surface area contributed by atoms with Gasteiger partial charge in [0, 0.05) is 0 Å². The maximum absolute atomic E-state index is 12.5. The van der Waals surface area contributed by atoms with Crippen molar-refractivity contribution in [1.82, 2.24) is 0 Å². The Bertz CT molecular complexity index is 631. The summed E-state index contributed by atoms with van der Waals surface area (Å²) in [5.41, 5.74) is 0.814. The molecule has 1 aliphatic rings. The highest BCUT2D eigenvalue weighted by molar-refractivity contribution is 7.73. The molecule has 0 fully saturated rings. The summed E-state index contributed by atoms with van der Waals surface area (Å²) in [6, 6.07) is 20.7. The molecule has 0 saturated carbocycles. The average molecular weight is 291 g/mol. The van der Waals surface area contributed by atoms with Crippen LogP contribution in [0, 0.1) is 0 Å². The first-order valence-electron chi connectivity index (χ1n) is 6.97. The van der Waals surface area contributed by atoms with Gasteiger partial charge in [0.05, 0.1) is 0 Å². The van der Waals surface area contributed by atoms with E-state index in [9.17, 15) is 5.11 Å². The van der Waals surface area contributed by atoms with Crippen LogP contribution in [0.5, 0.6) is 0 Å². The smallest absolute Gasteiger partial charge is 0.0130 e. The SMILES string of the molecule is [O-]C(CP(c1ccccc1)c1ccccc1)=C1C=CC=C1. The molecular formula is C19H16OP-. The monoisotopic (exact) mass is 291 g/mol. The summed E-state index contributed by atoms with van der Waals surface area (Å²) in [7, 11) is -0.645.